The van der Waals surface area contributed by atoms with E-state index in [2.05, 4.69) is 15.9 Å². The van der Waals surface area contributed by atoms with Gasteiger partial charge in [-0.2, -0.15) is 0 Å². The second-order valence-corrected chi connectivity index (χ2v) is 5.21. The third-order valence-corrected chi connectivity index (χ3v) is 3.49. The van der Waals surface area contributed by atoms with Gasteiger partial charge in [0.2, 0.25) is 0 Å². The molecule has 0 spiro atoms. The van der Waals surface area contributed by atoms with Crippen LogP contribution in [0.25, 0.3) is 0 Å². The summed E-state index contributed by atoms with van der Waals surface area (Å²) in [6.07, 6.45) is 0.661. The van der Waals surface area contributed by atoms with Crippen LogP contribution in [-0.2, 0) is 6.42 Å². The van der Waals surface area contributed by atoms with Gasteiger partial charge in [0, 0.05) is 0 Å². The molecule has 0 aliphatic rings. The van der Waals surface area contributed by atoms with E-state index in [1.54, 1.807) is 12.1 Å². The van der Waals surface area contributed by atoms with E-state index in [4.69, 9.17) is 22.1 Å². The number of hydrogen-bond donors (Lipinski definition) is 1. The highest BCUT2D eigenvalue weighted by Gasteiger charge is 2.11. The molecule has 0 radical (unpaired) electrons. The summed E-state index contributed by atoms with van der Waals surface area (Å²) in [5, 5.41) is 0.502. The highest BCUT2D eigenvalue weighted by molar-refractivity contribution is 9.10. The SMILES string of the molecule is NCCc1cccc(Cl)c1Oc1ccc(F)cc1Br. The van der Waals surface area contributed by atoms with E-state index in [1.807, 2.05) is 12.1 Å². The topological polar surface area (TPSA) is 35.2 Å². The second-order valence-electron chi connectivity index (χ2n) is 3.94. The van der Waals surface area contributed by atoms with Crippen LogP contribution in [0, 0.1) is 5.82 Å². The molecule has 0 unspecified atom stereocenters. The van der Waals surface area contributed by atoms with Gasteiger partial charge in [-0.25, -0.2) is 4.39 Å². The summed E-state index contributed by atoms with van der Waals surface area (Å²) < 4.78 is 19.3. The van der Waals surface area contributed by atoms with Crippen molar-refractivity contribution in [3.05, 3.63) is 57.3 Å². The molecule has 2 rings (SSSR count). The molecule has 0 atom stereocenters. The van der Waals surface area contributed by atoms with Crippen LogP contribution in [0.4, 0.5) is 4.39 Å². The Morgan fingerprint density at radius 2 is 2.05 bits per heavy atom. The molecule has 0 aliphatic carbocycles. The first kappa shape index (κ1) is 14.3. The molecular formula is C14H12BrClFNO. The number of benzene rings is 2. The van der Waals surface area contributed by atoms with E-state index >= 15 is 0 Å². The molecular weight excluding hydrogens is 333 g/mol. The zero-order chi connectivity index (χ0) is 13.8. The average Bonchev–Trinajstić information content (AvgIpc) is 2.36. The van der Waals surface area contributed by atoms with Gasteiger partial charge in [0.15, 0.2) is 0 Å². The number of rotatable bonds is 4. The van der Waals surface area contributed by atoms with Gasteiger partial charge in [-0.1, -0.05) is 23.7 Å². The van der Waals surface area contributed by atoms with Crippen LogP contribution in [0.2, 0.25) is 5.02 Å². The number of halogens is 3. The van der Waals surface area contributed by atoms with E-state index in [9.17, 15) is 4.39 Å². The largest absolute Gasteiger partial charge is 0.454 e. The van der Waals surface area contributed by atoms with Gasteiger partial charge in [0.05, 0.1) is 9.50 Å². The van der Waals surface area contributed by atoms with Gasteiger partial charge < -0.3 is 10.5 Å². The Hall–Kier alpha value is -1.10. The Labute approximate surface area is 124 Å². The van der Waals surface area contributed by atoms with Crippen LogP contribution in [0.3, 0.4) is 0 Å². The number of ether oxygens (including phenoxy) is 1. The molecule has 2 aromatic rings. The van der Waals surface area contributed by atoms with Gasteiger partial charge in [-0.05, 0) is 58.7 Å². The van der Waals surface area contributed by atoms with E-state index in [0.717, 1.165) is 5.56 Å². The molecule has 0 bridgehead atoms. The lowest BCUT2D eigenvalue weighted by Gasteiger charge is -2.13. The first-order valence-corrected chi connectivity index (χ1v) is 6.89. The lowest BCUT2D eigenvalue weighted by Crippen LogP contribution is -2.04. The van der Waals surface area contributed by atoms with E-state index in [0.29, 0.717) is 34.0 Å². The van der Waals surface area contributed by atoms with Gasteiger partial charge in [-0.3, -0.25) is 0 Å². The molecule has 0 amide bonds. The molecule has 0 saturated heterocycles. The number of hydrogen-bond acceptors (Lipinski definition) is 2. The Balaban J connectivity index is 2.37. The number of para-hydroxylation sites is 1. The van der Waals surface area contributed by atoms with Crippen LogP contribution in [-0.4, -0.2) is 6.54 Å². The Kier molecular flexibility index (Phi) is 4.80. The van der Waals surface area contributed by atoms with Crippen molar-refractivity contribution in [3.63, 3.8) is 0 Å². The van der Waals surface area contributed by atoms with Gasteiger partial charge in [0.1, 0.15) is 17.3 Å². The lowest BCUT2D eigenvalue weighted by molar-refractivity contribution is 0.471. The fraction of sp³-hybridized carbons (Fsp3) is 0.143. The summed E-state index contributed by atoms with van der Waals surface area (Å²) in [5.74, 6) is 0.732. The minimum absolute atomic E-state index is 0.333. The van der Waals surface area contributed by atoms with Crippen LogP contribution >= 0.6 is 27.5 Å². The molecule has 0 heterocycles. The summed E-state index contributed by atoms with van der Waals surface area (Å²) in [5.41, 5.74) is 6.49. The summed E-state index contributed by atoms with van der Waals surface area (Å²) in [6.45, 7) is 0.501. The molecule has 5 heteroatoms. The molecule has 2 aromatic carbocycles. The normalized spacial score (nSPS) is 10.5. The fourth-order valence-electron chi connectivity index (χ4n) is 1.69. The first-order chi connectivity index (χ1) is 9.11. The maximum atomic E-state index is 13.0. The highest BCUT2D eigenvalue weighted by atomic mass is 79.9. The monoisotopic (exact) mass is 343 g/mol. The van der Waals surface area contributed by atoms with Crippen LogP contribution < -0.4 is 10.5 Å². The maximum Gasteiger partial charge on any atom is 0.149 e. The summed E-state index contributed by atoms with van der Waals surface area (Å²) >= 11 is 9.40. The minimum Gasteiger partial charge on any atom is -0.454 e. The van der Waals surface area contributed by atoms with Gasteiger partial charge in [-0.15, -0.1) is 0 Å². The maximum absolute atomic E-state index is 13.0. The van der Waals surface area contributed by atoms with Crippen molar-refractivity contribution in [2.75, 3.05) is 6.54 Å². The van der Waals surface area contributed by atoms with Gasteiger partial charge in [0.25, 0.3) is 0 Å². The molecule has 0 fully saturated rings. The Morgan fingerprint density at radius 1 is 1.26 bits per heavy atom. The Morgan fingerprint density at radius 3 is 2.74 bits per heavy atom. The lowest BCUT2D eigenvalue weighted by atomic mass is 10.1. The molecule has 2 nitrogen and oxygen atoms in total. The highest BCUT2D eigenvalue weighted by Crippen LogP contribution is 2.36. The predicted octanol–water partition coefficient (Wildman–Crippen LogP) is 4.54. The van der Waals surface area contributed by atoms with Crippen molar-refractivity contribution in [1.29, 1.82) is 0 Å². The van der Waals surface area contributed by atoms with Crippen LogP contribution in [0.1, 0.15) is 5.56 Å². The second kappa shape index (κ2) is 6.37. The first-order valence-electron chi connectivity index (χ1n) is 5.72. The summed E-state index contributed by atoms with van der Waals surface area (Å²) in [7, 11) is 0. The molecule has 0 saturated carbocycles. The van der Waals surface area contributed by atoms with Gasteiger partial charge >= 0.3 is 0 Å². The third-order valence-electron chi connectivity index (χ3n) is 2.57. The van der Waals surface area contributed by atoms with Crippen LogP contribution in [0.15, 0.2) is 40.9 Å². The predicted molar refractivity (Wildman–Crippen MR) is 78.4 cm³/mol. The molecule has 100 valence electrons. The minimum atomic E-state index is -0.333. The molecule has 19 heavy (non-hydrogen) atoms. The zero-order valence-corrected chi connectivity index (χ0v) is 12.3. The smallest absolute Gasteiger partial charge is 0.149 e. The Bertz CT molecular complexity index is 592. The quantitative estimate of drug-likeness (QED) is 0.884. The zero-order valence-electron chi connectivity index (χ0n) is 10.00. The molecule has 2 N–H and O–H groups in total. The summed E-state index contributed by atoms with van der Waals surface area (Å²) in [4.78, 5) is 0. The third kappa shape index (κ3) is 3.47. The average molecular weight is 345 g/mol. The number of nitrogens with two attached hydrogens (primary N) is 1. The van der Waals surface area contributed by atoms with E-state index in [-0.39, 0.29) is 5.82 Å². The van der Waals surface area contributed by atoms with Crippen molar-refractivity contribution in [1.82, 2.24) is 0 Å². The summed E-state index contributed by atoms with van der Waals surface area (Å²) in [6, 6.07) is 9.73. The van der Waals surface area contributed by atoms with Crippen molar-refractivity contribution in [2.45, 2.75) is 6.42 Å². The van der Waals surface area contributed by atoms with Crippen molar-refractivity contribution in [2.24, 2.45) is 5.73 Å². The van der Waals surface area contributed by atoms with Crippen molar-refractivity contribution in [3.8, 4) is 11.5 Å². The van der Waals surface area contributed by atoms with E-state index < -0.39 is 0 Å². The van der Waals surface area contributed by atoms with Crippen molar-refractivity contribution >= 4 is 27.5 Å². The van der Waals surface area contributed by atoms with E-state index in [1.165, 1.54) is 12.1 Å². The van der Waals surface area contributed by atoms with Crippen LogP contribution in [0.5, 0.6) is 11.5 Å². The molecule has 0 aliphatic heterocycles. The standard InChI is InChI=1S/C14H12BrClFNO/c15-11-8-10(17)4-5-13(11)19-14-9(6-7-18)2-1-3-12(14)16/h1-5,8H,6-7,18H2. The molecule has 0 aromatic heterocycles. The fourth-order valence-corrected chi connectivity index (χ4v) is 2.35. The van der Waals surface area contributed by atoms with Crippen molar-refractivity contribution < 1.29 is 9.13 Å².